The quantitative estimate of drug-likeness (QED) is 0.717. The number of halogens is 1. The highest BCUT2D eigenvalue weighted by Crippen LogP contribution is 2.30. The second kappa shape index (κ2) is 7.03. The first-order valence-electron chi connectivity index (χ1n) is 8.46. The minimum absolute atomic E-state index is 0.00752. The van der Waals surface area contributed by atoms with Crippen LogP contribution in [0.3, 0.4) is 0 Å². The van der Waals surface area contributed by atoms with Gasteiger partial charge < -0.3 is 5.11 Å². The molecule has 0 bridgehead atoms. The van der Waals surface area contributed by atoms with Gasteiger partial charge in [0.2, 0.25) is 0 Å². The van der Waals surface area contributed by atoms with Crippen LogP contribution in [0.15, 0.2) is 42.5 Å². The lowest BCUT2D eigenvalue weighted by Crippen LogP contribution is -2.13. The van der Waals surface area contributed by atoms with Crippen molar-refractivity contribution in [3.8, 4) is 0 Å². The molecule has 1 aromatic heterocycles. The van der Waals surface area contributed by atoms with Gasteiger partial charge >= 0.3 is 0 Å². The van der Waals surface area contributed by atoms with Gasteiger partial charge in [-0.15, -0.1) is 0 Å². The van der Waals surface area contributed by atoms with Crippen LogP contribution in [0.5, 0.6) is 0 Å². The second-order valence-electron chi connectivity index (χ2n) is 6.82. The molecular weight excluding hydrogens is 334 g/mol. The highest BCUT2D eigenvalue weighted by atomic mass is 35.5. The summed E-state index contributed by atoms with van der Waals surface area (Å²) >= 11 is 5.94. The SMILES string of the molecule is Cc1c(CC(C)C)c2cc(CO)ccc2n1C(=O)c1ccc(Cl)cc1. The van der Waals surface area contributed by atoms with Crippen LogP contribution >= 0.6 is 11.6 Å². The average Bonchev–Trinajstić information content (AvgIpc) is 2.86. The third-order valence-electron chi connectivity index (χ3n) is 4.49. The molecule has 2 aromatic carbocycles. The van der Waals surface area contributed by atoms with Gasteiger partial charge in [-0.05, 0) is 66.8 Å². The van der Waals surface area contributed by atoms with Crippen LogP contribution in [0.2, 0.25) is 5.02 Å². The van der Waals surface area contributed by atoms with Crippen molar-refractivity contribution in [1.29, 1.82) is 0 Å². The first-order valence-corrected chi connectivity index (χ1v) is 8.84. The van der Waals surface area contributed by atoms with Gasteiger partial charge in [0.15, 0.2) is 0 Å². The molecule has 0 saturated carbocycles. The van der Waals surface area contributed by atoms with E-state index >= 15 is 0 Å². The lowest BCUT2D eigenvalue weighted by Gasteiger charge is -2.09. The van der Waals surface area contributed by atoms with Gasteiger partial charge in [0.1, 0.15) is 0 Å². The molecule has 3 nitrogen and oxygen atoms in total. The number of fused-ring (bicyclic) bond motifs is 1. The van der Waals surface area contributed by atoms with E-state index < -0.39 is 0 Å². The van der Waals surface area contributed by atoms with E-state index in [4.69, 9.17) is 11.6 Å². The van der Waals surface area contributed by atoms with Gasteiger partial charge in [-0.3, -0.25) is 9.36 Å². The van der Waals surface area contributed by atoms with E-state index in [1.807, 2.05) is 25.1 Å². The minimum atomic E-state index is -0.0640. The maximum Gasteiger partial charge on any atom is 0.262 e. The second-order valence-corrected chi connectivity index (χ2v) is 7.26. The normalized spacial score (nSPS) is 11.4. The smallest absolute Gasteiger partial charge is 0.262 e. The maximum atomic E-state index is 13.1. The van der Waals surface area contributed by atoms with E-state index in [0.717, 1.165) is 28.6 Å². The Labute approximate surface area is 152 Å². The van der Waals surface area contributed by atoms with Crippen molar-refractivity contribution in [1.82, 2.24) is 4.57 Å². The Kier molecular flexibility index (Phi) is 4.98. The summed E-state index contributed by atoms with van der Waals surface area (Å²) in [6.45, 7) is 6.32. The maximum absolute atomic E-state index is 13.1. The zero-order chi connectivity index (χ0) is 18.1. The van der Waals surface area contributed by atoms with Crippen LogP contribution in [0.1, 0.15) is 41.0 Å². The molecule has 1 heterocycles. The van der Waals surface area contributed by atoms with Crippen LogP contribution in [0.25, 0.3) is 10.9 Å². The topological polar surface area (TPSA) is 42.2 Å². The van der Waals surface area contributed by atoms with E-state index in [1.165, 1.54) is 5.56 Å². The molecule has 25 heavy (non-hydrogen) atoms. The van der Waals surface area contributed by atoms with Crippen LogP contribution < -0.4 is 0 Å². The van der Waals surface area contributed by atoms with Crippen molar-refractivity contribution in [3.63, 3.8) is 0 Å². The molecule has 3 aromatic rings. The zero-order valence-electron chi connectivity index (χ0n) is 14.7. The summed E-state index contributed by atoms with van der Waals surface area (Å²) in [4.78, 5) is 13.1. The average molecular weight is 356 g/mol. The van der Waals surface area contributed by atoms with Crippen LogP contribution in [-0.4, -0.2) is 15.6 Å². The first-order chi connectivity index (χ1) is 11.9. The number of carbonyl (C=O) groups excluding carboxylic acids is 1. The predicted octanol–water partition coefficient (Wildman–Crippen LogP) is 4.98. The van der Waals surface area contributed by atoms with Crippen molar-refractivity contribution in [2.24, 2.45) is 5.92 Å². The van der Waals surface area contributed by atoms with E-state index in [0.29, 0.717) is 16.5 Å². The van der Waals surface area contributed by atoms with E-state index in [9.17, 15) is 9.90 Å². The Balaban J connectivity index is 2.22. The highest BCUT2D eigenvalue weighted by Gasteiger charge is 2.20. The molecule has 0 unspecified atom stereocenters. The molecule has 0 radical (unpaired) electrons. The number of rotatable bonds is 4. The molecular formula is C21H22ClNO2. The molecule has 1 N–H and O–H groups in total. The standard InChI is InChI=1S/C21H22ClNO2/c1-13(2)10-18-14(3)23(20-9-4-15(12-24)11-19(18)20)21(25)16-5-7-17(22)8-6-16/h4-9,11,13,24H,10,12H2,1-3H3. The summed E-state index contributed by atoms with van der Waals surface area (Å²) in [7, 11) is 0. The molecule has 0 atom stereocenters. The highest BCUT2D eigenvalue weighted by molar-refractivity contribution is 6.30. The molecule has 0 aliphatic heterocycles. The Morgan fingerprint density at radius 1 is 1.16 bits per heavy atom. The van der Waals surface area contributed by atoms with Crippen LogP contribution in [-0.2, 0) is 13.0 Å². The molecule has 0 amide bonds. The molecule has 0 saturated heterocycles. The van der Waals surface area contributed by atoms with E-state index in [2.05, 4.69) is 13.8 Å². The lowest BCUT2D eigenvalue weighted by molar-refractivity contribution is 0.0963. The predicted molar refractivity (Wildman–Crippen MR) is 102 cm³/mol. The monoisotopic (exact) mass is 355 g/mol. The van der Waals surface area contributed by atoms with Crippen molar-refractivity contribution in [2.75, 3.05) is 0 Å². The molecule has 0 aliphatic carbocycles. The zero-order valence-corrected chi connectivity index (χ0v) is 15.5. The van der Waals surface area contributed by atoms with Crippen molar-refractivity contribution >= 4 is 28.4 Å². The fourth-order valence-corrected chi connectivity index (χ4v) is 3.40. The molecule has 4 heteroatoms. The van der Waals surface area contributed by atoms with Crippen molar-refractivity contribution in [2.45, 2.75) is 33.8 Å². The number of aliphatic hydroxyl groups is 1. The Hall–Kier alpha value is -2.10. The van der Waals surface area contributed by atoms with Crippen molar-refractivity contribution < 1.29 is 9.90 Å². The van der Waals surface area contributed by atoms with Gasteiger partial charge in [-0.2, -0.15) is 0 Å². The Morgan fingerprint density at radius 3 is 2.44 bits per heavy atom. The van der Waals surface area contributed by atoms with Crippen LogP contribution in [0, 0.1) is 12.8 Å². The molecule has 130 valence electrons. The van der Waals surface area contributed by atoms with Gasteiger partial charge in [0.25, 0.3) is 5.91 Å². The Bertz CT molecular complexity index is 923. The van der Waals surface area contributed by atoms with Crippen molar-refractivity contribution in [3.05, 3.63) is 69.9 Å². The summed E-state index contributed by atoms with van der Waals surface area (Å²) in [5.74, 6) is 0.409. The lowest BCUT2D eigenvalue weighted by atomic mass is 9.99. The summed E-state index contributed by atoms with van der Waals surface area (Å²) in [6, 6.07) is 12.7. The molecule has 0 fully saturated rings. The fraction of sp³-hybridized carbons (Fsp3) is 0.286. The number of nitrogens with zero attached hydrogens (tertiary/aromatic N) is 1. The van der Waals surface area contributed by atoms with Gasteiger partial charge in [0, 0.05) is 21.7 Å². The van der Waals surface area contributed by atoms with Gasteiger partial charge in [-0.25, -0.2) is 0 Å². The number of aromatic nitrogens is 1. The molecule has 0 spiro atoms. The Morgan fingerprint density at radius 2 is 1.84 bits per heavy atom. The summed E-state index contributed by atoms with van der Waals surface area (Å²) in [5, 5.41) is 11.1. The largest absolute Gasteiger partial charge is 0.392 e. The number of aliphatic hydroxyl groups excluding tert-OH is 1. The van der Waals surface area contributed by atoms with E-state index in [1.54, 1.807) is 28.8 Å². The summed E-state index contributed by atoms with van der Waals surface area (Å²) in [5.41, 5.74) is 4.46. The number of benzene rings is 2. The summed E-state index contributed by atoms with van der Waals surface area (Å²) < 4.78 is 1.78. The van der Waals surface area contributed by atoms with Gasteiger partial charge in [0.05, 0.1) is 12.1 Å². The minimum Gasteiger partial charge on any atom is -0.392 e. The third-order valence-corrected chi connectivity index (χ3v) is 4.74. The fourth-order valence-electron chi connectivity index (χ4n) is 3.28. The number of hydrogen-bond donors (Lipinski definition) is 1. The molecule has 0 aliphatic rings. The first kappa shape index (κ1) is 17.7. The van der Waals surface area contributed by atoms with Gasteiger partial charge in [-0.1, -0.05) is 31.5 Å². The van der Waals surface area contributed by atoms with E-state index in [-0.39, 0.29) is 12.5 Å². The summed E-state index contributed by atoms with van der Waals surface area (Å²) in [6.07, 6.45) is 0.887. The number of hydrogen-bond acceptors (Lipinski definition) is 2. The molecule has 3 rings (SSSR count). The van der Waals surface area contributed by atoms with Crippen LogP contribution in [0.4, 0.5) is 0 Å². The number of carbonyl (C=O) groups is 1. The third kappa shape index (κ3) is 3.35.